The molecule has 1 amide bonds. The summed E-state index contributed by atoms with van der Waals surface area (Å²) < 4.78 is 25.2. The summed E-state index contributed by atoms with van der Waals surface area (Å²) in [6.45, 7) is 5.34. The molecule has 1 aromatic rings. The molecule has 0 atom stereocenters. The van der Waals surface area contributed by atoms with Gasteiger partial charge < -0.3 is 10.2 Å². The molecule has 0 aliphatic heterocycles. The van der Waals surface area contributed by atoms with Gasteiger partial charge in [0, 0.05) is 6.54 Å². The molecule has 0 heterocycles. The Balaban J connectivity index is 2.75. The predicted molar refractivity (Wildman–Crippen MR) is 98.9 cm³/mol. The fraction of sp³-hybridized carbons (Fsp3) is 0.588. The topological polar surface area (TPSA) is 69.7 Å². The molecule has 0 unspecified atom stereocenters. The minimum Gasteiger partial charge on any atom is -0.354 e. The van der Waals surface area contributed by atoms with Crippen LogP contribution in [0.2, 0.25) is 0 Å². The van der Waals surface area contributed by atoms with Gasteiger partial charge in [-0.25, -0.2) is 8.42 Å². The molecule has 0 saturated heterocycles. The van der Waals surface area contributed by atoms with Crippen molar-refractivity contribution in [3.8, 4) is 0 Å². The number of carbonyl (C=O) groups is 1. The van der Waals surface area contributed by atoms with Crippen molar-refractivity contribution in [2.75, 3.05) is 44.3 Å². The standard InChI is InChI=1S/C17H29N3O3S/c1-14(2)15-7-9-16(10-8-15)20(24(5,22)23)13-17(21)18-11-6-12-19(3)4/h7-10,14H,6,11-13H2,1-5H3,(H,18,21). The lowest BCUT2D eigenvalue weighted by molar-refractivity contribution is -0.119. The number of sulfonamides is 1. The van der Waals surface area contributed by atoms with E-state index in [0.717, 1.165) is 29.1 Å². The van der Waals surface area contributed by atoms with Crippen molar-refractivity contribution < 1.29 is 13.2 Å². The normalized spacial score (nSPS) is 11.8. The first kappa shape index (κ1) is 20.4. The fourth-order valence-corrected chi connectivity index (χ4v) is 3.09. The minimum atomic E-state index is -3.53. The maximum absolute atomic E-state index is 12.1. The lowest BCUT2D eigenvalue weighted by atomic mass is 10.0. The van der Waals surface area contributed by atoms with Gasteiger partial charge in [-0.15, -0.1) is 0 Å². The summed E-state index contributed by atoms with van der Waals surface area (Å²) >= 11 is 0. The second-order valence-corrected chi connectivity index (χ2v) is 8.43. The van der Waals surface area contributed by atoms with Gasteiger partial charge in [-0.05, 0) is 50.7 Å². The van der Waals surface area contributed by atoms with Gasteiger partial charge in [0.15, 0.2) is 0 Å². The quantitative estimate of drug-likeness (QED) is 0.684. The van der Waals surface area contributed by atoms with Gasteiger partial charge in [-0.3, -0.25) is 9.10 Å². The van der Waals surface area contributed by atoms with Crippen LogP contribution in [0.25, 0.3) is 0 Å². The molecule has 0 bridgehead atoms. The SMILES string of the molecule is CC(C)c1ccc(N(CC(=O)NCCCN(C)C)S(C)(=O)=O)cc1. The van der Waals surface area contributed by atoms with Crippen molar-refractivity contribution in [3.63, 3.8) is 0 Å². The molecule has 1 aromatic carbocycles. The van der Waals surface area contributed by atoms with Crippen molar-refractivity contribution in [1.29, 1.82) is 0 Å². The van der Waals surface area contributed by atoms with Crippen LogP contribution in [0, 0.1) is 0 Å². The Bertz CT molecular complexity index is 625. The molecule has 0 aromatic heterocycles. The van der Waals surface area contributed by atoms with Crippen molar-refractivity contribution in [2.24, 2.45) is 0 Å². The molecule has 1 N–H and O–H groups in total. The molecule has 0 saturated carbocycles. The van der Waals surface area contributed by atoms with Gasteiger partial charge in [0.2, 0.25) is 15.9 Å². The Kier molecular flexibility index (Phi) is 7.69. The zero-order chi connectivity index (χ0) is 18.3. The van der Waals surface area contributed by atoms with Crippen LogP contribution in [-0.2, 0) is 14.8 Å². The van der Waals surface area contributed by atoms with E-state index in [4.69, 9.17) is 0 Å². The summed E-state index contributed by atoms with van der Waals surface area (Å²) in [5.74, 6) is 0.0675. The number of anilines is 1. The van der Waals surface area contributed by atoms with E-state index in [-0.39, 0.29) is 12.5 Å². The van der Waals surface area contributed by atoms with Crippen molar-refractivity contribution >= 4 is 21.6 Å². The Morgan fingerprint density at radius 2 is 1.75 bits per heavy atom. The smallest absolute Gasteiger partial charge is 0.240 e. The average molecular weight is 356 g/mol. The first-order valence-electron chi connectivity index (χ1n) is 8.10. The van der Waals surface area contributed by atoms with Crippen molar-refractivity contribution in [3.05, 3.63) is 29.8 Å². The Labute approximate surface area is 145 Å². The summed E-state index contributed by atoms with van der Waals surface area (Å²) in [6, 6.07) is 7.28. The maximum Gasteiger partial charge on any atom is 0.240 e. The average Bonchev–Trinajstić information content (AvgIpc) is 2.48. The van der Waals surface area contributed by atoms with Crippen molar-refractivity contribution in [1.82, 2.24) is 10.2 Å². The first-order valence-corrected chi connectivity index (χ1v) is 9.95. The Morgan fingerprint density at radius 3 is 2.21 bits per heavy atom. The molecule has 7 heteroatoms. The third-order valence-corrected chi connectivity index (χ3v) is 4.78. The van der Waals surface area contributed by atoms with Gasteiger partial charge in [-0.2, -0.15) is 0 Å². The molecule has 0 aliphatic rings. The van der Waals surface area contributed by atoms with Crippen LogP contribution in [0.15, 0.2) is 24.3 Å². The fourth-order valence-electron chi connectivity index (χ4n) is 2.23. The summed E-state index contributed by atoms with van der Waals surface area (Å²) in [6.07, 6.45) is 1.93. The van der Waals surface area contributed by atoms with E-state index >= 15 is 0 Å². The van der Waals surface area contributed by atoms with Gasteiger partial charge >= 0.3 is 0 Å². The molecule has 6 nitrogen and oxygen atoms in total. The number of rotatable bonds is 9. The van der Waals surface area contributed by atoms with Crippen LogP contribution in [0.3, 0.4) is 0 Å². The number of benzene rings is 1. The lowest BCUT2D eigenvalue weighted by Crippen LogP contribution is -2.41. The van der Waals surface area contributed by atoms with E-state index in [1.54, 1.807) is 12.1 Å². The van der Waals surface area contributed by atoms with Gasteiger partial charge in [0.05, 0.1) is 11.9 Å². The van der Waals surface area contributed by atoms with Gasteiger partial charge in [-0.1, -0.05) is 26.0 Å². The summed E-state index contributed by atoms with van der Waals surface area (Å²) in [5, 5.41) is 2.77. The lowest BCUT2D eigenvalue weighted by Gasteiger charge is -2.22. The number of hydrogen-bond acceptors (Lipinski definition) is 4. The predicted octanol–water partition coefficient (Wildman–Crippen LogP) is 1.64. The molecule has 136 valence electrons. The molecule has 24 heavy (non-hydrogen) atoms. The van der Waals surface area contributed by atoms with E-state index in [1.807, 2.05) is 31.1 Å². The van der Waals surface area contributed by atoms with E-state index in [0.29, 0.717) is 18.2 Å². The summed E-state index contributed by atoms with van der Waals surface area (Å²) in [5.41, 5.74) is 1.63. The number of nitrogens with zero attached hydrogens (tertiary/aromatic N) is 2. The molecule has 0 aliphatic carbocycles. The van der Waals surface area contributed by atoms with E-state index in [2.05, 4.69) is 19.2 Å². The van der Waals surface area contributed by atoms with E-state index in [1.165, 1.54) is 0 Å². The highest BCUT2D eigenvalue weighted by Crippen LogP contribution is 2.21. The zero-order valence-electron chi connectivity index (χ0n) is 15.2. The molecule has 0 fully saturated rings. The number of amides is 1. The van der Waals surface area contributed by atoms with Crippen LogP contribution in [0.4, 0.5) is 5.69 Å². The largest absolute Gasteiger partial charge is 0.354 e. The monoisotopic (exact) mass is 355 g/mol. The zero-order valence-corrected chi connectivity index (χ0v) is 16.1. The molecule has 0 radical (unpaired) electrons. The molecule has 1 rings (SSSR count). The van der Waals surface area contributed by atoms with Crippen LogP contribution in [-0.4, -0.2) is 59.2 Å². The Hall–Kier alpha value is -1.60. The van der Waals surface area contributed by atoms with E-state index in [9.17, 15) is 13.2 Å². The number of nitrogens with one attached hydrogen (secondary N) is 1. The van der Waals surface area contributed by atoms with Crippen LogP contribution < -0.4 is 9.62 Å². The van der Waals surface area contributed by atoms with Gasteiger partial charge in [0.25, 0.3) is 0 Å². The molecular formula is C17H29N3O3S. The maximum atomic E-state index is 12.1. The Morgan fingerprint density at radius 1 is 1.17 bits per heavy atom. The van der Waals surface area contributed by atoms with Crippen LogP contribution in [0.5, 0.6) is 0 Å². The number of hydrogen-bond donors (Lipinski definition) is 1. The summed E-state index contributed by atoms with van der Waals surface area (Å²) in [7, 11) is 0.407. The van der Waals surface area contributed by atoms with Crippen molar-refractivity contribution in [2.45, 2.75) is 26.2 Å². The molecular weight excluding hydrogens is 326 g/mol. The number of carbonyl (C=O) groups excluding carboxylic acids is 1. The van der Waals surface area contributed by atoms with Crippen LogP contribution >= 0.6 is 0 Å². The van der Waals surface area contributed by atoms with Crippen LogP contribution in [0.1, 0.15) is 31.7 Å². The van der Waals surface area contributed by atoms with Gasteiger partial charge in [0.1, 0.15) is 6.54 Å². The van der Waals surface area contributed by atoms with E-state index < -0.39 is 10.0 Å². The summed E-state index contributed by atoms with van der Waals surface area (Å²) in [4.78, 5) is 14.1. The highest BCUT2D eigenvalue weighted by atomic mass is 32.2. The second-order valence-electron chi connectivity index (χ2n) is 6.52. The third-order valence-electron chi connectivity index (χ3n) is 3.64. The third kappa shape index (κ3) is 6.88. The highest BCUT2D eigenvalue weighted by molar-refractivity contribution is 7.92. The highest BCUT2D eigenvalue weighted by Gasteiger charge is 2.20. The first-order chi connectivity index (χ1) is 11.1. The minimum absolute atomic E-state index is 0.207. The second kappa shape index (κ2) is 9.03. The molecule has 0 spiro atoms.